The number of hydrogen-bond acceptors (Lipinski definition) is 2. The van der Waals surface area contributed by atoms with Crippen molar-refractivity contribution in [3.63, 3.8) is 0 Å². The molecule has 0 bridgehead atoms. The van der Waals surface area contributed by atoms with Crippen molar-refractivity contribution in [3.8, 4) is 0 Å². The van der Waals surface area contributed by atoms with Crippen molar-refractivity contribution >= 4 is 21.7 Å². The summed E-state index contributed by atoms with van der Waals surface area (Å²) in [6, 6.07) is 1.87. The van der Waals surface area contributed by atoms with Gasteiger partial charge in [0.2, 0.25) is 0 Å². The fourth-order valence-corrected chi connectivity index (χ4v) is 3.31. The number of carbonyl (C=O) groups is 1. The van der Waals surface area contributed by atoms with Gasteiger partial charge < -0.3 is 0 Å². The van der Waals surface area contributed by atoms with Crippen LogP contribution in [0.2, 0.25) is 0 Å². The van der Waals surface area contributed by atoms with Crippen LogP contribution in [0.5, 0.6) is 0 Å². The Morgan fingerprint density at radius 2 is 1.88 bits per heavy atom. The first-order valence-electron chi connectivity index (χ1n) is 6.21. The van der Waals surface area contributed by atoms with Crippen LogP contribution in [-0.2, 0) is 0 Å². The molecule has 1 aliphatic rings. The van der Waals surface area contributed by atoms with E-state index in [2.05, 4.69) is 34.8 Å². The highest BCUT2D eigenvalue weighted by Gasteiger charge is 2.29. The molecule has 0 aliphatic heterocycles. The van der Waals surface area contributed by atoms with E-state index in [0.717, 1.165) is 22.9 Å². The van der Waals surface area contributed by atoms with E-state index in [1.54, 1.807) is 12.4 Å². The molecule has 2 nitrogen and oxygen atoms in total. The van der Waals surface area contributed by atoms with Crippen LogP contribution in [0.15, 0.2) is 22.9 Å². The molecular formula is C14H18BrNO. The van der Waals surface area contributed by atoms with Crippen molar-refractivity contribution in [3.05, 3.63) is 28.5 Å². The molecule has 1 aromatic rings. The molecule has 1 fully saturated rings. The summed E-state index contributed by atoms with van der Waals surface area (Å²) in [7, 11) is 0. The molecule has 3 heteroatoms. The number of Topliss-reactive ketones (excluding diaryl/α,β-unsaturated/α-hetero) is 1. The SMILES string of the molecule is CC1CC(C)CC(C(=O)c2cncc(Br)c2)C1. The maximum atomic E-state index is 12.4. The molecular weight excluding hydrogens is 278 g/mol. The number of aromatic nitrogens is 1. The smallest absolute Gasteiger partial charge is 0.167 e. The Kier molecular flexibility index (Phi) is 3.97. The first kappa shape index (κ1) is 12.7. The summed E-state index contributed by atoms with van der Waals surface area (Å²) in [4.78, 5) is 16.5. The summed E-state index contributed by atoms with van der Waals surface area (Å²) in [5, 5.41) is 0. The van der Waals surface area contributed by atoms with Crippen LogP contribution in [0.25, 0.3) is 0 Å². The molecule has 2 unspecified atom stereocenters. The molecule has 1 heterocycles. The van der Waals surface area contributed by atoms with Crippen LogP contribution in [0.1, 0.15) is 43.5 Å². The zero-order valence-electron chi connectivity index (χ0n) is 10.3. The number of hydrogen-bond donors (Lipinski definition) is 0. The van der Waals surface area contributed by atoms with Crippen LogP contribution < -0.4 is 0 Å². The molecule has 1 aromatic heterocycles. The first-order chi connectivity index (χ1) is 8.06. The highest BCUT2D eigenvalue weighted by atomic mass is 79.9. The molecule has 1 saturated carbocycles. The van der Waals surface area contributed by atoms with Crippen molar-refractivity contribution in [1.82, 2.24) is 4.98 Å². The number of ketones is 1. The minimum absolute atomic E-state index is 0.185. The molecule has 0 saturated heterocycles. The lowest BCUT2D eigenvalue weighted by molar-refractivity contribution is 0.0835. The third kappa shape index (κ3) is 3.15. The van der Waals surface area contributed by atoms with Crippen LogP contribution in [0.3, 0.4) is 0 Å². The molecule has 2 rings (SSSR count). The molecule has 1 aliphatic carbocycles. The first-order valence-corrected chi connectivity index (χ1v) is 7.00. The van der Waals surface area contributed by atoms with E-state index < -0.39 is 0 Å². The average Bonchev–Trinajstić information content (AvgIpc) is 2.26. The summed E-state index contributed by atoms with van der Waals surface area (Å²) in [6.45, 7) is 4.49. The normalized spacial score (nSPS) is 29.0. The second kappa shape index (κ2) is 5.30. The molecule has 0 amide bonds. The zero-order valence-corrected chi connectivity index (χ0v) is 11.9. The summed E-state index contributed by atoms with van der Waals surface area (Å²) in [6.07, 6.45) is 6.69. The third-order valence-electron chi connectivity index (χ3n) is 3.54. The van der Waals surface area contributed by atoms with Crippen molar-refractivity contribution in [2.45, 2.75) is 33.1 Å². The fraction of sp³-hybridized carbons (Fsp3) is 0.571. The highest BCUT2D eigenvalue weighted by Crippen LogP contribution is 2.34. The third-order valence-corrected chi connectivity index (χ3v) is 3.97. The molecule has 17 heavy (non-hydrogen) atoms. The Morgan fingerprint density at radius 1 is 1.24 bits per heavy atom. The summed E-state index contributed by atoms with van der Waals surface area (Å²) < 4.78 is 0.875. The van der Waals surface area contributed by atoms with E-state index >= 15 is 0 Å². The number of nitrogens with zero attached hydrogens (tertiary/aromatic N) is 1. The minimum atomic E-state index is 0.185. The van der Waals surface area contributed by atoms with Gasteiger partial charge in [0.25, 0.3) is 0 Å². The standard InChI is InChI=1S/C14H18BrNO/c1-9-3-10(2)5-11(4-9)14(17)12-6-13(15)8-16-7-12/h6-11H,3-5H2,1-2H3. The quantitative estimate of drug-likeness (QED) is 0.769. The minimum Gasteiger partial charge on any atom is -0.294 e. The van der Waals surface area contributed by atoms with Gasteiger partial charge in [-0.2, -0.15) is 0 Å². The largest absolute Gasteiger partial charge is 0.294 e. The maximum Gasteiger partial charge on any atom is 0.167 e. The van der Waals surface area contributed by atoms with E-state index in [4.69, 9.17) is 0 Å². The lowest BCUT2D eigenvalue weighted by Crippen LogP contribution is -2.26. The zero-order chi connectivity index (χ0) is 12.4. The Labute approximate surface area is 111 Å². The van der Waals surface area contributed by atoms with Gasteiger partial charge in [0.1, 0.15) is 0 Å². The van der Waals surface area contributed by atoms with E-state index in [9.17, 15) is 4.79 Å². The van der Waals surface area contributed by atoms with Gasteiger partial charge in [-0.3, -0.25) is 9.78 Å². The van der Waals surface area contributed by atoms with Crippen molar-refractivity contribution in [1.29, 1.82) is 0 Å². The predicted octanol–water partition coefficient (Wildman–Crippen LogP) is 4.10. The maximum absolute atomic E-state index is 12.4. The number of halogens is 1. The second-order valence-electron chi connectivity index (χ2n) is 5.37. The Balaban J connectivity index is 2.14. The predicted molar refractivity (Wildman–Crippen MR) is 71.9 cm³/mol. The molecule has 0 N–H and O–H groups in total. The van der Waals surface area contributed by atoms with Gasteiger partial charge in [-0.15, -0.1) is 0 Å². The molecule has 2 atom stereocenters. The topological polar surface area (TPSA) is 30.0 Å². The van der Waals surface area contributed by atoms with E-state index in [1.165, 1.54) is 6.42 Å². The van der Waals surface area contributed by atoms with E-state index in [0.29, 0.717) is 11.8 Å². The van der Waals surface area contributed by atoms with Gasteiger partial charge >= 0.3 is 0 Å². The van der Waals surface area contributed by atoms with Crippen molar-refractivity contribution in [2.24, 2.45) is 17.8 Å². The molecule has 0 spiro atoms. The Hall–Kier alpha value is -0.700. The van der Waals surface area contributed by atoms with Crippen LogP contribution in [-0.4, -0.2) is 10.8 Å². The van der Waals surface area contributed by atoms with Crippen molar-refractivity contribution < 1.29 is 4.79 Å². The number of carbonyl (C=O) groups excluding carboxylic acids is 1. The van der Waals surface area contributed by atoms with Crippen molar-refractivity contribution in [2.75, 3.05) is 0 Å². The second-order valence-corrected chi connectivity index (χ2v) is 6.29. The van der Waals surface area contributed by atoms with Crippen LogP contribution in [0.4, 0.5) is 0 Å². The Morgan fingerprint density at radius 3 is 2.47 bits per heavy atom. The summed E-state index contributed by atoms with van der Waals surface area (Å²) in [5.41, 5.74) is 0.741. The van der Waals surface area contributed by atoms with E-state index in [1.807, 2.05) is 6.07 Å². The fourth-order valence-electron chi connectivity index (χ4n) is 2.94. The Bertz CT molecular complexity index is 408. The van der Waals surface area contributed by atoms with Gasteiger partial charge in [-0.1, -0.05) is 13.8 Å². The van der Waals surface area contributed by atoms with Gasteiger partial charge in [0.05, 0.1) is 0 Å². The molecule has 92 valence electrons. The monoisotopic (exact) mass is 295 g/mol. The summed E-state index contributed by atoms with van der Waals surface area (Å²) in [5.74, 6) is 1.77. The van der Waals surface area contributed by atoms with Crippen LogP contribution >= 0.6 is 15.9 Å². The highest BCUT2D eigenvalue weighted by molar-refractivity contribution is 9.10. The number of rotatable bonds is 2. The van der Waals surface area contributed by atoms with Gasteiger partial charge in [-0.05, 0) is 53.1 Å². The van der Waals surface area contributed by atoms with E-state index in [-0.39, 0.29) is 11.7 Å². The van der Waals surface area contributed by atoms with Gasteiger partial charge in [-0.25, -0.2) is 0 Å². The lowest BCUT2D eigenvalue weighted by atomic mass is 9.74. The average molecular weight is 296 g/mol. The van der Waals surface area contributed by atoms with Gasteiger partial charge in [0.15, 0.2) is 5.78 Å². The lowest BCUT2D eigenvalue weighted by Gasteiger charge is -2.30. The van der Waals surface area contributed by atoms with Crippen LogP contribution in [0, 0.1) is 17.8 Å². The number of pyridine rings is 1. The summed E-state index contributed by atoms with van der Waals surface area (Å²) >= 11 is 3.36. The molecule has 0 radical (unpaired) electrons. The van der Waals surface area contributed by atoms with Gasteiger partial charge in [0, 0.05) is 28.3 Å². The molecule has 0 aromatic carbocycles.